The van der Waals surface area contributed by atoms with Gasteiger partial charge >= 0.3 is 23.7 Å². The van der Waals surface area contributed by atoms with Gasteiger partial charge in [0.1, 0.15) is 0 Å². The second-order valence-electron chi connectivity index (χ2n) is 6.49. The summed E-state index contributed by atoms with van der Waals surface area (Å²) in [6.07, 6.45) is -3.05. The van der Waals surface area contributed by atoms with Crippen LogP contribution in [0, 0.1) is 0 Å². The zero-order valence-electron chi connectivity index (χ0n) is 15.5. The van der Waals surface area contributed by atoms with Gasteiger partial charge in [-0.25, -0.2) is 14.3 Å². The Bertz CT molecular complexity index is 976. The first kappa shape index (κ1) is 20.6. The molecular weight excluding hydrogens is 393 g/mol. The second-order valence-corrected chi connectivity index (χ2v) is 6.49. The van der Waals surface area contributed by atoms with Gasteiger partial charge < -0.3 is 10.1 Å². The number of hydrogen-bond donors (Lipinski definition) is 1. The van der Waals surface area contributed by atoms with Crippen LogP contribution in [0.3, 0.4) is 0 Å². The Labute approximate surface area is 163 Å². The molecule has 29 heavy (non-hydrogen) atoms. The van der Waals surface area contributed by atoms with Crippen molar-refractivity contribution in [2.75, 3.05) is 13.2 Å². The molecule has 3 rings (SSSR count). The van der Waals surface area contributed by atoms with E-state index in [0.717, 1.165) is 29.7 Å². The number of esters is 1. The molecule has 1 aliphatic rings. The predicted molar refractivity (Wildman–Crippen MR) is 94.8 cm³/mol. The molecule has 0 saturated heterocycles. The number of hydrogen-bond acceptors (Lipinski definition) is 5. The maximum Gasteiger partial charge on any atom is 0.416 e. The van der Waals surface area contributed by atoms with Gasteiger partial charge in [-0.05, 0) is 31.9 Å². The molecule has 0 unspecified atom stereocenters. The van der Waals surface area contributed by atoms with Gasteiger partial charge in [0, 0.05) is 18.2 Å². The third-order valence-electron chi connectivity index (χ3n) is 4.30. The summed E-state index contributed by atoms with van der Waals surface area (Å²) in [6.45, 7) is 1.50. The summed E-state index contributed by atoms with van der Waals surface area (Å²) in [5.41, 5.74) is -1.13. The van der Waals surface area contributed by atoms with Gasteiger partial charge in [0.2, 0.25) is 0 Å². The molecule has 0 atom stereocenters. The van der Waals surface area contributed by atoms with Crippen LogP contribution in [-0.4, -0.2) is 39.4 Å². The number of nitrogens with zero attached hydrogens (tertiary/aromatic N) is 3. The van der Waals surface area contributed by atoms with Gasteiger partial charge in [0.25, 0.3) is 0 Å². The van der Waals surface area contributed by atoms with Crippen LogP contribution in [0.5, 0.6) is 0 Å². The molecule has 0 radical (unpaired) electrons. The van der Waals surface area contributed by atoms with Crippen molar-refractivity contribution in [1.29, 1.82) is 0 Å². The molecule has 8 nitrogen and oxygen atoms in total. The summed E-state index contributed by atoms with van der Waals surface area (Å²) >= 11 is 0. The highest BCUT2D eigenvalue weighted by atomic mass is 19.4. The van der Waals surface area contributed by atoms with Crippen LogP contribution in [-0.2, 0) is 27.0 Å². The zero-order chi connectivity index (χ0) is 21.2. The first-order valence-electron chi connectivity index (χ1n) is 9.04. The van der Waals surface area contributed by atoms with E-state index >= 15 is 0 Å². The number of benzene rings is 1. The minimum atomic E-state index is -4.51. The van der Waals surface area contributed by atoms with Gasteiger partial charge in [0.15, 0.2) is 5.82 Å². The number of amides is 1. The lowest BCUT2D eigenvalue weighted by Gasteiger charge is -2.09. The Balaban J connectivity index is 1.83. The molecule has 2 aromatic rings. The monoisotopic (exact) mass is 412 g/mol. The Kier molecular flexibility index (Phi) is 5.76. The average molecular weight is 412 g/mol. The molecule has 1 heterocycles. The summed E-state index contributed by atoms with van der Waals surface area (Å²) in [5.74, 6) is -1.84. The van der Waals surface area contributed by atoms with Crippen LogP contribution in [0.1, 0.15) is 31.4 Å². The van der Waals surface area contributed by atoms with Crippen molar-refractivity contribution < 1.29 is 27.5 Å². The van der Waals surface area contributed by atoms with Crippen molar-refractivity contribution >= 4 is 11.9 Å². The largest absolute Gasteiger partial charge is 0.459 e. The smallest absolute Gasteiger partial charge is 0.416 e. The van der Waals surface area contributed by atoms with E-state index in [9.17, 15) is 27.6 Å². The van der Waals surface area contributed by atoms with E-state index in [2.05, 4.69) is 15.2 Å². The average Bonchev–Trinajstić information content (AvgIpc) is 3.45. The molecule has 1 saturated carbocycles. The first-order valence-corrected chi connectivity index (χ1v) is 9.04. The summed E-state index contributed by atoms with van der Waals surface area (Å²) in [6, 6.07) is 4.51. The van der Waals surface area contributed by atoms with Crippen molar-refractivity contribution in [3.63, 3.8) is 0 Å². The minimum absolute atomic E-state index is 0.0460. The third kappa shape index (κ3) is 4.66. The van der Waals surface area contributed by atoms with E-state index in [1.807, 2.05) is 0 Å². The lowest BCUT2D eigenvalue weighted by molar-refractivity contribution is -0.154. The van der Waals surface area contributed by atoms with Crippen LogP contribution < -0.4 is 11.0 Å². The number of ether oxygens (including phenoxy) is 1. The number of nitrogens with one attached hydrogen (secondary N) is 1. The van der Waals surface area contributed by atoms with Crippen molar-refractivity contribution in [2.45, 2.75) is 38.5 Å². The van der Waals surface area contributed by atoms with E-state index in [4.69, 9.17) is 0 Å². The SMILES string of the molecule is CCOC(=O)C(=O)NCCn1nc(-c2cccc(C(F)(F)F)c2)n(C2CC2)c1=O. The molecule has 1 fully saturated rings. The molecule has 1 amide bonds. The number of rotatable bonds is 6. The van der Waals surface area contributed by atoms with Crippen molar-refractivity contribution in [1.82, 2.24) is 19.7 Å². The topological polar surface area (TPSA) is 95.2 Å². The lowest BCUT2D eigenvalue weighted by atomic mass is 10.1. The van der Waals surface area contributed by atoms with Gasteiger partial charge in [0.05, 0.1) is 18.7 Å². The quantitative estimate of drug-likeness (QED) is 0.576. The molecule has 0 spiro atoms. The zero-order valence-corrected chi connectivity index (χ0v) is 15.5. The second kappa shape index (κ2) is 8.10. The van der Waals surface area contributed by atoms with Crippen LogP contribution in [0.25, 0.3) is 11.4 Å². The summed E-state index contributed by atoms with van der Waals surface area (Å²) < 4.78 is 46.1. The van der Waals surface area contributed by atoms with Crippen LogP contribution >= 0.6 is 0 Å². The highest BCUT2D eigenvalue weighted by Crippen LogP contribution is 2.37. The number of alkyl halides is 3. The molecule has 1 aromatic carbocycles. The number of aromatic nitrogens is 3. The number of carbonyl (C=O) groups is 2. The van der Waals surface area contributed by atoms with Crippen molar-refractivity contribution in [2.24, 2.45) is 0 Å². The van der Waals surface area contributed by atoms with E-state index in [0.29, 0.717) is 0 Å². The lowest BCUT2D eigenvalue weighted by Crippen LogP contribution is -2.36. The maximum atomic E-state index is 13.0. The normalized spacial score (nSPS) is 13.9. The fourth-order valence-corrected chi connectivity index (χ4v) is 2.80. The van der Waals surface area contributed by atoms with E-state index < -0.39 is 29.3 Å². The maximum absolute atomic E-state index is 13.0. The minimum Gasteiger partial charge on any atom is -0.459 e. The molecule has 0 aliphatic heterocycles. The van der Waals surface area contributed by atoms with Crippen molar-refractivity contribution in [3.8, 4) is 11.4 Å². The molecule has 1 aliphatic carbocycles. The summed E-state index contributed by atoms with van der Waals surface area (Å²) in [7, 11) is 0. The van der Waals surface area contributed by atoms with Gasteiger partial charge in [-0.3, -0.25) is 9.36 Å². The van der Waals surface area contributed by atoms with E-state index in [1.165, 1.54) is 16.7 Å². The molecule has 1 N–H and O–H groups in total. The number of carbonyl (C=O) groups excluding carboxylic acids is 2. The highest BCUT2D eigenvalue weighted by molar-refractivity contribution is 6.32. The van der Waals surface area contributed by atoms with Gasteiger partial charge in [-0.1, -0.05) is 12.1 Å². The fourth-order valence-electron chi connectivity index (χ4n) is 2.80. The Morgan fingerprint density at radius 2 is 2.03 bits per heavy atom. The molecular formula is C18H19F3N4O4. The van der Waals surface area contributed by atoms with Gasteiger partial charge in [-0.15, -0.1) is 5.10 Å². The van der Waals surface area contributed by atoms with Crippen molar-refractivity contribution in [3.05, 3.63) is 40.3 Å². The highest BCUT2D eigenvalue weighted by Gasteiger charge is 2.33. The van der Waals surface area contributed by atoms with Crippen LogP contribution in [0.4, 0.5) is 13.2 Å². The van der Waals surface area contributed by atoms with E-state index in [1.54, 1.807) is 6.92 Å². The Hall–Kier alpha value is -3.11. The molecule has 0 bridgehead atoms. The van der Waals surface area contributed by atoms with Crippen LogP contribution in [0.15, 0.2) is 29.1 Å². The molecule has 1 aromatic heterocycles. The summed E-state index contributed by atoms with van der Waals surface area (Å²) in [4.78, 5) is 35.5. The molecule has 11 heteroatoms. The standard InChI is InChI=1S/C18H19F3N4O4/c1-2-29-16(27)15(26)22-8-9-24-17(28)25(13-6-7-13)14(23-24)11-4-3-5-12(10-11)18(19,20)21/h3-5,10,13H,2,6-9H2,1H3,(H,22,26). The summed E-state index contributed by atoms with van der Waals surface area (Å²) in [5, 5.41) is 6.49. The van der Waals surface area contributed by atoms with E-state index in [-0.39, 0.29) is 37.1 Å². The Morgan fingerprint density at radius 3 is 2.66 bits per heavy atom. The van der Waals surface area contributed by atoms with Gasteiger partial charge in [-0.2, -0.15) is 13.2 Å². The third-order valence-corrected chi connectivity index (χ3v) is 4.30. The first-order chi connectivity index (χ1) is 13.7. The number of halogens is 3. The predicted octanol–water partition coefficient (Wildman–Crippen LogP) is 1.74. The fraction of sp³-hybridized carbons (Fsp3) is 0.444. The molecule has 156 valence electrons. The Morgan fingerprint density at radius 1 is 1.31 bits per heavy atom. The van der Waals surface area contributed by atoms with Crippen LogP contribution in [0.2, 0.25) is 0 Å².